The number of alkyl halides is 1. The lowest BCUT2D eigenvalue weighted by molar-refractivity contribution is 0.625. The summed E-state index contributed by atoms with van der Waals surface area (Å²) < 4.78 is 13.1. The zero-order chi connectivity index (χ0) is 13.1. The quantitative estimate of drug-likeness (QED) is 0.686. The van der Waals surface area contributed by atoms with E-state index in [1.54, 1.807) is 6.07 Å². The average molecular weight is 263 g/mol. The fourth-order valence-corrected chi connectivity index (χ4v) is 2.54. The molecular formula is C16H16ClF. The summed E-state index contributed by atoms with van der Waals surface area (Å²) in [6.45, 7) is 3.97. The van der Waals surface area contributed by atoms with Gasteiger partial charge < -0.3 is 0 Å². The maximum Gasteiger partial charge on any atom is 0.123 e. The van der Waals surface area contributed by atoms with E-state index in [1.807, 2.05) is 19.1 Å². The van der Waals surface area contributed by atoms with Crippen LogP contribution in [0.5, 0.6) is 0 Å². The van der Waals surface area contributed by atoms with Crippen molar-refractivity contribution in [2.24, 2.45) is 0 Å². The molecule has 2 heteroatoms. The van der Waals surface area contributed by atoms with Gasteiger partial charge in [0.1, 0.15) is 5.82 Å². The van der Waals surface area contributed by atoms with Crippen LogP contribution in [0.1, 0.15) is 27.6 Å². The Morgan fingerprint density at radius 2 is 1.78 bits per heavy atom. The summed E-state index contributed by atoms with van der Waals surface area (Å²) in [7, 11) is 0. The highest BCUT2D eigenvalue weighted by atomic mass is 35.5. The van der Waals surface area contributed by atoms with Gasteiger partial charge in [0.2, 0.25) is 0 Å². The molecule has 18 heavy (non-hydrogen) atoms. The van der Waals surface area contributed by atoms with Crippen molar-refractivity contribution >= 4 is 11.6 Å². The van der Waals surface area contributed by atoms with Crippen molar-refractivity contribution in [2.45, 2.75) is 25.6 Å². The third kappa shape index (κ3) is 2.91. The molecule has 0 saturated carbocycles. The summed E-state index contributed by atoms with van der Waals surface area (Å²) in [5, 5.41) is -0.119. The molecule has 2 aromatic carbocycles. The van der Waals surface area contributed by atoms with Crippen molar-refractivity contribution in [1.82, 2.24) is 0 Å². The lowest BCUT2D eigenvalue weighted by Crippen LogP contribution is -2.00. The van der Waals surface area contributed by atoms with E-state index in [0.29, 0.717) is 0 Å². The summed E-state index contributed by atoms with van der Waals surface area (Å²) in [6.07, 6.45) is 0.765. The Morgan fingerprint density at radius 3 is 2.44 bits per heavy atom. The molecule has 0 heterocycles. The number of hydrogen-bond donors (Lipinski definition) is 0. The number of benzene rings is 2. The summed E-state index contributed by atoms with van der Waals surface area (Å²) in [4.78, 5) is 0. The van der Waals surface area contributed by atoms with Crippen LogP contribution in [0, 0.1) is 19.7 Å². The largest absolute Gasteiger partial charge is 0.207 e. The maximum absolute atomic E-state index is 13.1. The maximum atomic E-state index is 13.1. The Morgan fingerprint density at radius 1 is 1.06 bits per heavy atom. The second kappa shape index (κ2) is 5.53. The van der Waals surface area contributed by atoms with Crippen molar-refractivity contribution in [2.75, 3.05) is 0 Å². The van der Waals surface area contributed by atoms with Crippen LogP contribution in [0.4, 0.5) is 4.39 Å². The highest BCUT2D eigenvalue weighted by molar-refractivity contribution is 6.21. The molecule has 0 radical (unpaired) electrons. The normalized spacial score (nSPS) is 12.4. The summed E-state index contributed by atoms with van der Waals surface area (Å²) in [6, 6.07) is 13.0. The molecule has 0 aliphatic carbocycles. The van der Waals surface area contributed by atoms with Gasteiger partial charge in [-0.3, -0.25) is 0 Å². The molecular weight excluding hydrogens is 247 g/mol. The summed E-state index contributed by atoms with van der Waals surface area (Å²) in [5.41, 5.74) is 4.38. The molecule has 0 spiro atoms. The van der Waals surface area contributed by atoms with Crippen molar-refractivity contribution in [3.05, 3.63) is 70.5 Å². The molecule has 0 aromatic heterocycles. The first-order chi connectivity index (χ1) is 8.58. The third-order valence-electron chi connectivity index (χ3n) is 3.23. The van der Waals surface area contributed by atoms with Gasteiger partial charge in [-0.1, -0.05) is 30.3 Å². The second-order valence-corrected chi connectivity index (χ2v) is 5.13. The van der Waals surface area contributed by atoms with E-state index < -0.39 is 0 Å². The number of aryl methyl sites for hydroxylation is 2. The molecule has 0 amide bonds. The molecule has 1 unspecified atom stereocenters. The monoisotopic (exact) mass is 262 g/mol. The van der Waals surface area contributed by atoms with Crippen molar-refractivity contribution in [3.8, 4) is 0 Å². The molecule has 94 valence electrons. The lowest BCUT2D eigenvalue weighted by Gasteiger charge is -2.14. The first-order valence-corrected chi connectivity index (χ1v) is 6.46. The Kier molecular flexibility index (Phi) is 4.03. The van der Waals surface area contributed by atoms with Crippen LogP contribution in [0.15, 0.2) is 42.5 Å². The van der Waals surface area contributed by atoms with Gasteiger partial charge in [0.25, 0.3) is 0 Å². The second-order valence-electron chi connectivity index (χ2n) is 4.60. The van der Waals surface area contributed by atoms with Crippen molar-refractivity contribution in [1.29, 1.82) is 0 Å². The van der Waals surface area contributed by atoms with Gasteiger partial charge in [-0.05, 0) is 54.7 Å². The summed E-state index contributed by atoms with van der Waals surface area (Å²) >= 11 is 6.45. The number of rotatable bonds is 3. The molecule has 0 aliphatic rings. The molecule has 0 saturated heterocycles. The fraction of sp³-hybridized carbons (Fsp3) is 0.250. The van der Waals surface area contributed by atoms with Gasteiger partial charge in [-0.25, -0.2) is 4.39 Å². The van der Waals surface area contributed by atoms with Crippen molar-refractivity contribution in [3.63, 3.8) is 0 Å². The van der Waals surface area contributed by atoms with Crippen molar-refractivity contribution < 1.29 is 4.39 Å². The SMILES string of the molecule is Cc1ccccc1CC(Cl)c1ccc(F)cc1C. The summed E-state index contributed by atoms with van der Waals surface area (Å²) in [5.74, 6) is -0.212. The van der Waals surface area contributed by atoms with Crippen LogP contribution < -0.4 is 0 Å². The first-order valence-electron chi connectivity index (χ1n) is 6.02. The molecule has 0 fully saturated rings. The fourth-order valence-electron chi connectivity index (χ4n) is 2.13. The Hall–Kier alpha value is -1.34. The molecule has 0 nitrogen and oxygen atoms in total. The standard InChI is InChI=1S/C16H16ClF/c1-11-5-3-4-6-13(11)10-16(17)15-8-7-14(18)9-12(15)2/h3-9,16H,10H2,1-2H3. The molecule has 1 atom stereocenters. The van der Waals surface area contributed by atoms with E-state index in [-0.39, 0.29) is 11.2 Å². The van der Waals surface area contributed by atoms with Gasteiger partial charge in [0.05, 0.1) is 5.38 Å². The van der Waals surface area contributed by atoms with Crippen LogP contribution >= 0.6 is 11.6 Å². The molecule has 2 rings (SSSR count). The number of hydrogen-bond acceptors (Lipinski definition) is 0. The van der Waals surface area contributed by atoms with Gasteiger partial charge in [0, 0.05) is 0 Å². The Labute approximate surface area is 112 Å². The van der Waals surface area contributed by atoms with E-state index in [0.717, 1.165) is 17.5 Å². The van der Waals surface area contributed by atoms with Gasteiger partial charge in [-0.2, -0.15) is 0 Å². The van der Waals surface area contributed by atoms with Gasteiger partial charge in [-0.15, -0.1) is 11.6 Å². The zero-order valence-corrected chi connectivity index (χ0v) is 11.3. The predicted molar refractivity (Wildman–Crippen MR) is 74.6 cm³/mol. The van der Waals surface area contributed by atoms with Crippen LogP contribution in [0.2, 0.25) is 0 Å². The van der Waals surface area contributed by atoms with Gasteiger partial charge >= 0.3 is 0 Å². The van der Waals surface area contributed by atoms with Crippen LogP contribution in [-0.2, 0) is 6.42 Å². The molecule has 0 bridgehead atoms. The minimum atomic E-state index is -0.212. The van der Waals surface area contributed by atoms with Crippen LogP contribution in [0.25, 0.3) is 0 Å². The third-order valence-corrected chi connectivity index (χ3v) is 3.62. The average Bonchev–Trinajstić information content (AvgIpc) is 2.32. The predicted octanol–water partition coefficient (Wildman–Crippen LogP) is 4.97. The lowest BCUT2D eigenvalue weighted by atomic mass is 9.97. The smallest absolute Gasteiger partial charge is 0.123 e. The van der Waals surface area contributed by atoms with Crippen LogP contribution in [0.3, 0.4) is 0 Å². The van der Waals surface area contributed by atoms with Gasteiger partial charge in [0.15, 0.2) is 0 Å². The van der Waals surface area contributed by atoms with E-state index in [1.165, 1.54) is 23.3 Å². The Balaban J connectivity index is 2.22. The van der Waals surface area contributed by atoms with E-state index in [4.69, 9.17) is 11.6 Å². The zero-order valence-electron chi connectivity index (χ0n) is 10.6. The molecule has 2 aromatic rings. The van der Waals surface area contributed by atoms with E-state index in [9.17, 15) is 4.39 Å². The highest BCUT2D eigenvalue weighted by Gasteiger charge is 2.13. The minimum absolute atomic E-state index is 0.119. The Bertz CT molecular complexity index is 549. The minimum Gasteiger partial charge on any atom is -0.207 e. The number of halogens is 2. The highest BCUT2D eigenvalue weighted by Crippen LogP contribution is 2.28. The topological polar surface area (TPSA) is 0 Å². The molecule has 0 N–H and O–H groups in total. The van der Waals surface area contributed by atoms with E-state index >= 15 is 0 Å². The first kappa shape index (κ1) is 13.1. The van der Waals surface area contributed by atoms with E-state index in [2.05, 4.69) is 19.1 Å². The molecule has 0 aliphatic heterocycles. The van der Waals surface area contributed by atoms with Crippen LogP contribution in [-0.4, -0.2) is 0 Å².